The van der Waals surface area contributed by atoms with Crippen LogP contribution in [0.2, 0.25) is 0 Å². The summed E-state index contributed by atoms with van der Waals surface area (Å²) in [7, 11) is 0. The van der Waals surface area contributed by atoms with E-state index in [4.69, 9.17) is 9.47 Å². The van der Waals surface area contributed by atoms with Crippen molar-refractivity contribution in [3.05, 3.63) is 36.0 Å². The normalized spacial score (nSPS) is 14.3. The van der Waals surface area contributed by atoms with Crippen LogP contribution >= 0.6 is 11.8 Å². The summed E-state index contributed by atoms with van der Waals surface area (Å²) in [6.45, 7) is 2.01. The van der Waals surface area contributed by atoms with Gasteiger partial charge in [0.25, 0.3) is 0 Å². The van der Waals surface area contributed by atoms with E-state index in [1.165, 1.54) is 24.4 Å². The van der Waals surface area contributed by atoms with Crippen LogP contribution in [-0.2, 0) is 9.53 Å². The molecule has 3 rings (SSSR count). The molecular formula is C21H25N3O4S. The predicted molar refractivity (Wildman–Crippen MR) is 112 cm³/mol. The minimum atomic E-state index is -0.485. The number of esters is 2. The Morgan fingerprint density at radius 1 is 1.17 bits per heavy atom. The van der Waals surface area contributed by atoms with Crippen molar-refractivity contribution >= 4 is 35.2 Å². The molecular weight excluding hydrogens is 390 g/mol. The fourth-order valence-electron chi connectivity index (χ4n) is 3.20. The number of benzene rings is 1. The lowest BCUT2D eigenvalue weighted by molar-refractivity contribution is -0.139. The first-order chi connectivity index (χ1) is 14.1. The van der Waals surface area contributed by atoms with E-state index in [0.29, 0.717) is 22.4 Å². The van der Waals surface area contributed by atoms with Crippen LogP contribution in [0.5, 0.6) is 5.75 Å². The summed E-state index contributed by atoms with van der Waals surface area (Å²) in [5, 5.41) is 3.67. The van der Waals surface area contributed by atoms with E-state index in [1.54, 1.807) is 31.2 Å². The standard InChI is InChI=1S/C21H25N3O4S/c1-3-27-20(26)17-13-22-21(29-2)24-18(17)23-15-9-11-16(12-10-15)28-19(25)14-7-5-4-6-8-14/h9-14H,3-8H2,1-2H3,(H,22,23,24). The molecule has 0 spiro atoms. The molecule has 0 unspecified atom stereocenters. The quantitative estimate of drug-likeness (QED) is 0.304. The molecule has 8 heteroatoms. The molecule has 1 saturated carbocycles. The molecule has 1 aromatic carbocycles. The summed E-state index contributed by atoms with van der Waals surface area (Å²) >= 11 is 1.38. The highest BCUT2D eigenvalue weighted by molar-refractivity contribution is 7.98. The van der Waals surface area contributed by atoms with Crippen LogP contribution in [0.4, 0.5) is 11.5 Å². The van der Waals surface area contributed by atoms with Gasteiger partial charge in [-0.2, -0.15) is 0 Å². The van der Waals surface area contributed by atoms with Crippen molar-refractivity contribution in [2.45, 2.75) is 44.2 Å². The number of carbonyl (C=O) groups excluding carboxylic acids is 2. The Bertz CT molecular complexity index is 852. The molecule has 0 radical (unpaired) electrons. The van der Waals surface area contributed by atoms with Crippen LogP contribution in [0.15, 0.2) is 35.6 Å². The minimum Gasteiger partial charge on any atom is -0.462 e. The lowest BCUT2D eigenvalue weighted by Crippen LogP contribution is -2.22. The first-order valence-electron chi connectivity index (χ1n) is 9.77. The predicted octanol–water partition coefficient (Wildman–Crippen LogP) is 4.60. The van der Waals surface area contributed by atoms with Gasteiger partial charge in [0, 0.05) is 11.9 Å². The van der Waals surface area contributed by atoms with Gasteiger partial charge in [-0.25, -0.2) is 14.8 Å². The number of aromatic nitrogens is 2. The number of hydrogen-bond acceptors (Lipinski definition) is 8. The van der Waals surface area contributed by atoms with E-state index in [9.17, 15) is 9.59 Å². The SMILES string of the molecule is CCOC(=O)c1cnc(SC)nc1Nc1ccc(OC(=O)C2CCCCC2)cc1. The Hall–Kier alpha value is -2.61. The van der Waals surface area contributed by atoms with Gasteiger partial charge in [-0.15, -0.1) is 0 Å². The molecule has 2 aromatic rings. The van der Waals surface area contributed by atoms with Gasteiger partial charge in [0.2, 0.25) is 0 Å². The molecule has 0 aliphatic heterocycles. The van der Waals surface area contributed by atoms with Crippen molar-refractivity contribution in [3.8, 4) is 5.75 Å². The maximum Gasteiger partial charge on any atom is 0.343 e. The lowest BCUT2D eigenvalue weighted by atomic mass is 9.89. The summed E-state index contributed by atoms with van der Waals surface area (Å²) in [5.41, 5.74) is 0.969. The van der Waals surface area contributed by atoms with E-state index in [-0.39, 0.29) is 24.1 Å². The fraction of sp³-hybridized carbons (Fsp3) is 0.429. The first kappa shape index (κ1) is 21.1. The molecule has 1 heterocycles. The number of ether oxygens (including phenoxy) is 2. The largest absolute Gasteiger partial charge is 0.462 e. The molecule has 0 bridgehead atoms. The zero-order valence-electron chi connectivity index (χ0n) is 16.6. The first-order valence-corrected chi connectivity index (χ1v) is 11.0. The van der Waals surface area contributed by atoms with Crippen molar-refractivity contribution in [2.24, 2.45) is 5.92 Å². The number of nitrogens with zero attached hydrogens (tertiary/aromatic N) is 2. The van der Waals surface area contributed by atoms with E-state index < -0.39 is 5.97 Å². The average molecular weight is 416 g/mol. The molecule has 1 aliphatic rings. The van der Waals surface area contributed by atoms with Crippen LogP contribution in [0, 0.1) is 5.92 Å². The number of anilines is 2. The van der Waals surface area contributed by atoms with Crippen LogP contribution < -0.4 is 10.1 Å². The van der Waals surface area contributed by atoms with E-state index >= 15 is 0 Å². The van der Waals surface area contributed by atoms with Crippen LogP contribution in [0.3, 0.4) is 0 Å². The number of nitrogens with one attached hydrogen (secondary N) is 1. The lowest BCUT2D eigenvalue weighted by Gasteiger charge is -2.19. The summed E-state index contributed by atoms with van der Waals surface area (Å²) in [6, 6.07) is 7.01. The number of thioether (sulfide) groups is 1. The Balaban J connectivity index is 1.70. The molecule has 7 nitrogen and oxygen atoms in total. The third-order valence-electron chi connectivity index (χ3n) is 4.72. The van der Waals surface area contributed by atoms with Crippen LogP contribution in [0.25, 0.3) is 0 Å². The zero-order valence-corrected chi connectivity index (χ0v) is 17.5. The molecule has 1 aromatic heterocycles. The molecule has 0 saturated heterocycles. The zero-order chi connectivity index (χ0) is 20.6. The van der Waals surface area contributed by atoms with Crippen molar-refractivity contribution < 1.29 is 19.1 Å². The smallest absolute Gasteiger partial charge is 0.343 e. The highest BCUT2D eigenvalue weighted by Gasteiger charge is 2.23. The number of rotatable bonds is 7. The van der Waals surface area contributed by atoms with Gasteiger partial charge in [-0.1, -0.05) is 31.0 Å². The van der Waals surface area contributed by atoms with Gasteiger partial charge >= 0.3 is 11.9 Å². The maximum absolute atomic E-state index is 12.3. The monoisotopic (exact) mass is 415 g/mol. The summed E-state index contributed by atoms with van der Waals surface area (Å²) in [6.07, 6.45) is 8.49. The van der Waals surface area contributed by atoms with E-state index in [1.807, 2.05) is 6.26 Å². The van der Waals surface area contributed by atoms with Gasteiger partial charge in [0.1, 0.15) is 17.1 Å². The highest BCUT2D eigenvalue weighted by atomic mass is 32.2. The average Bonchev–Trinajstić information content (AvgIpc) is 2.75. The Labute approximate surface area is 174 Å². The molecule has 1 fully saturated rings. The van der Waals surface area contributed by atoms with Crippen molar-refractivity contribution in [1.82, 2.24) is 9.97 Å². The number of carbonyl (C=O) groups is 2. The minimum absolute atomic E-state index is 0.000304. The molecule has 29 heavy (non-hydrogen) atoms. The Morgan fingerprint density at radius 2 is 1.90 bits per heavy atom. The van der Waals surface area contributed by atoms with Gasteiger partial charge in [-0.3, -0.25) is 4.79 Å². The topological polar surface area (TPSA) is 90.4 Å². The maximum atomic E-state index is 12.3. The van der Waals surface area contributed by atoms with Gasteiger partial charge in [-0.05, 0) is 50.3 Å². The van der Waals surface area contributed by atoms with E-state index in [2.05, 4.69) is 15.3 Å². The Morgan fingerprint density at radius 3 is 2.55 bits per heavy atom. The molecule has 154 valence electrons. The molecule has 0 amide bonds. The van der Waals surface area contributed by atoms with Crippen molar-refractivity contribution in [1.29, 1.82) is 0 Å². The van der Waals surface area contributed by atoms with Crippen LogP contribution in [-0.4, -0.2) is 34.8 Å². The van der Waals surface area contributed by atoms with Gasteiger partial charge in [0.05, 0.1) is 12.5 Å². The third kappa shape index (κ3) is 5.69. The molecule has 0 atom stereocenters. The number of hydrogen-bond donors (Lipinski definition) is 1. The highest BCUT2D eigenvalue weighted by Crippen LogP contribution is 2.27. The fourth-order valence-corrected chi connectivity index (χ4v) is 3.54. The van der Waals surface area contributed by atoms with Gasteiger partial charge < -0.3 is 14.8 Å². The second-order valence-electron chi connectivity index (χ2n) is 6.74. The summed E-state index contributed by atoms with van der Waals surface area (Å²) in [5.74, 6) is 0.231. The second-order valence-corrected chi connectivity index (χ2v) is 7.52. The Kier molecular flexibility index (Phi) is 7.46. The van der Waals surface area contributed by atoms with Crippen molar-refractivity contribution in [3.63, 3.8) is 0 Å². The molecule has 1 N–H and O–H groups in total. The summed E-state index contributed by atoms with van der Waals surface area (Å²) in [4.78, 5) is 33.0. The molecule has 1 aliphatic carbocycles. The summed E-state index contributed by atoms with van der Waals surface area (Å²) < 4.78 is 10.6. The van der Waals surface area contributed by atoms with Gasteiger partial charge in [0.15, 0.2) is 5.16 Å². The third-order valence-corrected chi connectivity index (χ3v) is 5.28. The van der Waals surface area contributed by atoms with E-state index in [0.717, 1.165) is 25.7 Å². The van der Waals surface area contributed by atoms with Crippen molar-refractivity contribution in [2.75, 3.05) is 18.2 Å². The van der Waals surface area contributed by atoms with Crippen LogP contribution in [0.1, 0.15) is 49.4 Å². The second kappa shape index (κ2) is 10.2.